The van der Waals surface area contributed by atoms with Gasteiger partial charge < -0.3 is 59.2 Å². The number of hydrogen-bond acceptors (Lipinski definition) is 16. The first-order chi connectivity index (χ1) is 65.5. The summed E-state index contributed by atoms with van der Waals surface area (Å²) in [7, 11) is 0. The molecular formula is C116H226N6O16. The minimum atomic E-state index is -0.611. The molecule has 138 heavy (non-hydrogen) atoms. The van der Waals surface area contributed by atoms with Crippen molar-refractivity contribution in [3.8, 4) is 0 Å². The Labute approximate surface area is 850 Å². The molecule has 4 aliphatic carbocycles. The van der Waals surface area contributed by atoms with E-state index in [9.17, 15) is 38.4 Å². The molecular weight excluding hydrogens is 1730 g/mol. The summed E-state index contributed by atoms with van der Waals surface area (Å²) in [6.07, 6.45) is 74.0. The standard InChI is InChI=1S/C29H53NO4.C21H41NO4.C19H37NO2.C18H35NO2.C15H31NO2.C14H29NO2/c1-6-7-8-9-10-11-18-23-30(26(31)33-28(2,3)24-19-14-12-15-20-24)27(32)34-29(4,5)25-21-16-13-17-22-25;1-8-11-12-13-14-15-16-17-22(18(23)25-20(4,5)9-2)19(24)26-21(6,7)10-3;1-4-5-6-7-8-9-13-16-20-18(21)22-19(2,3)17-14-11-10-12-15-17;1-3-5-6-7-8-9-12-15-19-17(20)21-16-18(4-2)13-10-11-14-18;1-5-7-8-9-10-11-12-13-16-14(17)18-15(3,4)6-2;1-5-6-7-8-9-10-11-12-15-13(16)17-14(2,3)4/h24-25H,6-23H2,1-5H3;8-17H2,1-7H3;17H,4-16H2,1-3H3,(H,20,21);3-16H2,1-2H3,(H,19,20);5-13H2,1-4H3,(H,16,17);5-12H2,1-4H3,(H,15,16). The molecule has 4 saturated carbocycles. The lowest BCUT2D eigenvalue weighted by Crippen LogP contribution is -2.48. The summed E-state index contributed by atoms with van der Waals surface area (Å²) in [6, 6.07) is 0. The third kappa shape index (κ3) is 73.6. The molecule has 0 spiro atoms. The van der Waals surface area contributed by atoms with Crippen LogP contribution < -0.4 is 21.3 Å². The summed E-state index contributed by atoms with van der Waals surface area (Å²) in [5.41, 5.74) is -3.16. The molecule has 22 heteroatoms. The van der Waals surface area contributed by atoms with Crippen molar-refractivity contribution in [3.63, 3.8) is 0 Å². The highest BCUT2D eigenvalue weighted by atomic mass is 16.6. The van der Waals surface area contributed by atoms with E-state index < -0.39 is 52.4 Å². The third-order valence-corrected chi connectivity index (χ3v) is 28.8. The molecule has 0 heterocycles. The molecule has 4 N–H and O–H groups in total. The number of rotatable bonds is 63. The molecule has 0 aliphatic heterocycles. The normalized spacial score (nSPS) is 14.9. The Balaban J connectivity index is 0. The number of carbonyl (C=O) groups excluding carboxylic acids is 8. The number of alkyl carbamates (subject to hydrolysis) is 4. The zero-order valence-electron chi connectivity index (χ0n) is 95.1. The lowest BCUT2D eigenvalue weighted by molar-refractivity contribution is -0.0529. The van der Waals surface area contributed by atoms with Gasteiger partial charge in [0.1, 0.15) is 39.2 Å². The van der Waals surface area contributed by atoms with E-state index in [4.69, 9.17) is 37.9 Å². The van der Waals surface area contributed by atoms with Gasteiger partial charge in [-0.3, -0.25) is 0 Å². The quantitative estimate of drug-likeness (QED) is 0.0326. The highest BCUT2D eigenvalue weighted by Crippen LogP contribution is 2.42. The zero-order valence-corrected chi connectivity index (χ0v) is 95.1. The van der Waals surface area contributed by atoms with Crippen LogP contribution in [0.2, 0.25) is 0 Å². The van der Waals surface area contributed by atoms with Gasteiger partial charge in [-0.05, 0) is 237 Å². The van der Waals surface area contributed by atoms with Crippen molar-refractivity contribution in [1.29, 1.82) is 0 Å². The van der Waals surface area contributed by atoms with Crippen molar-refractivity contribution < 1.29 is 76.3 Å². The Morgan fingerprint density at radius 2 is 0.478 bits per heavy atom. The first kappa shape index (κ1) is 135. The van der Waals surface area contributed by atoms with Crippen LogP contribution in [0.5, 0.6) is 0 Å². The van der Waals surface area contributed by atoms with Crippen molar-refractivity contribution >= 4 is 48.7 Å². The third-order valence-electron chi connectivity index (χ3n) is 28.8. The van der Waals surface area contributed by atoms with Crippen LogP contribution in [0.1, 0.15) is 590 Å². The Kier molecular flexibility index (Phi) is 79.8. The number of hydrogen-bond donors (Lipinski definition) is 4. The molecule has 0 aromatic heterocycles. The first-order valence-electron chi connectivity index (χ1n) is 57.8. The molecule has 0 aromatic rings. The topological polar surface area (TPSA) is 265 Å². The molecule has 0 aromatic carbocycles. The Bertz CT molecular complexity index is 2910. The van der Waals surface area contributed by atoms with Gasteiger partial charge in [-0.1, -0.05) is 371 Å². The van der Waals surface area contributed by atoms with E-state index in [-0.39, 0.29) is 41.0 Å². The van der Waals surface area contributed by atoms with Crippen molar-refractivity contribution in [3.05, 3.63) is 0 Å². The van der Waals surface area contributed by atoms with Gasteiger partial charge in [-0.25, -0.2) is 48.2 Å². The smallest absolute Gasteiger partial charge is 0.419 e. The van der Waals surface area contributed by atoms with E-state index in [1.165, 1.54) is 307 Å². The molecule has 0 unspecified atom stereocenters. The molecule has 0 atom stereocenters. The van der Waals surface area contributed by atoms with Crippen LogP contribution >= 0.6 is 0 Å². The van der Waals surface area contributed by atoms with E-state index >= 15 is 0 Å². The maximum absolute atomic E-state index is 13.3. The number of nitrogens with zero attached hydrogens (tertiary/aromatic N) is 2. The predicted octanol–water partition coefficient (Wildman–Crippen LogP) is 35.9. The number of imide groups is 2. The van der Waals surface area contributed by atoms with Crippen LogP contribution in [-0.4, -0.2) is 144 Å². The average molecular weight is 1960 g/mol. The molecule has 4 fully saturated rings. The SMILES string of the molecule is CCCCCCCCCN(C(=O)OC(C)(C)C1CCCCC1)C(=O)OC(C)(C)C1CCCCC1.CCCCCCCCCN(C(=O)OC(C)(C)CC)C(=O)OC(C)(C)CC.CCCCCCCCCNC(=O)OC(C)(C)C.CCCCCCCCCNC(=O)OC(C)(C)C1CCCCC1.CCCCCCCCCNC(=O)OC(C)(C)CC.CCCCCCCCCNC(=O)OCC1(CC)CCCC1. The molecule has 22 nitrogen and oxygen atoms in total. The molecule has 4 aliphatic rings. The molecule has 0 bridgehead atoms. The Hall–Kier alpha value is -5.44. The number of carbonyl (C=O) groups is 8. The van der Waals surface area contributed by atoms with Crippen molar-refractivity contribution in [2.45, 2.75) is 630 Å². The van der Waals surface area contributed by atoms with Crippen LogP contribution in [0.4, 0.5) is 38.4 Å². The van der Waals surface area contributed by atoms with E-state index in [2.05, 4.69) is 83.6 Å². The molecule has 4 rings (SSSR count). The van der Waals surface area contributed by atoms with Crippen molar-refractivity contribution in [1.82, 2.24) is 31.1 Å². The number of nitrogens with one attached hydrogen (secondary N) is 4. The number of amides is 8. The van der Waals surface area contributed by atoms with E-state index in [1.807, 2.05) is 111 Å². The second kappa shape index (κ2) is 81.8. The first-order valence-corrected chi connectivity index (χ1v) is 57.8. The van der Waals surface area contributed by atoms with Gasteiger partial charge >= 0.3 is 48.7 Å². The monoisotopic (exact) mass is 1960 g/mol. The molecule has 0 radical (unpaired) electrons. The minimum absolute atomic E-state index is 0.222. The van der Waals surface area contributed by atoms with Crippen LogP contribution in [0, 0.1) is 23.2 Å². The second-order valence-electron chi connectivity index (χ2n) is 45.3. The highest BCUT2D eigenvalue weighted by molar-refractivity contribution is 5.89. The fourth-order valence-electron chi connectivity index (χ4n) is 17.9. The average Bonchev–Trinajstić information content (AvgIpc) is 1.16. The maximum Gasteiger partial charge on any atom is 0.419 e. The zero-order chi connectivity index (χ0) is 104. The number of unbranched alkanes of at least 4 members (excludes halogenated alkanes) is 36. The van der Waals surface area contributed by atoms with Crippen LogP contribution in [0.25, 0.3) is 0 Å². The van der Waals surface area contributed by atoms with Gasteiger partial charge in [0.25, 0.3) is 0 Å². The van der Waals surface area contributed by atoms with Gasteiger partial charge in [0.05, 0.1) is 6.61 Å². The van der Waals surface area contributed by atoms with Gasteiger partial charge in [0.15, 0.2) is 0 Å². The second-order valence-corrected chi connectivity index (χ2v) is 45.3. The number of ether oxygens (including phenoxy) is 8. The minimum Gasteiger partial charge on any atom is -0.449 e. The van der Waals surface area contributed by atoms with Gasteiger partial charge in [0, 0.05) is 44.7 Å². The fourth-order valence-corrected chi connectivity index (χ4v) is 17.9. The summed E-state index contributed by atoms with van der Waals surface area (Å²) in [4.78, 5) is 100. The predicted molar refractivity (Wildman–Crippen MR) is 576 cm³/mol. The lowest BCUT2D eigenvalue weighted by Gasteiger charge is -2.39. The summed E-state index contributed by atoms with van der Waals surface area (Å²) in [5, 5.41) is 11.4. The molecule has 8 amide bonds. The summed E-state index contributed by atoms with van der Waals surface area (Å²) in [6.45, 7) is 54.8. The maximum atomic E-state index is 13.3. The lowest BCUT2D eigenvalue weighted by atomic mass is 9.79. The van der Waals surface area contributed by atoms with Crippen LogP contribution in [0.3, 0.4) is 0 Å². The summed E-state index contributed by atoms with van der Waals surface area (Å²) < 4.78 is 44.6. The van der Waals surface area contributed by atoms with E-state index in [0.717, 1.165) is 134 Å². The summed E-state index contributed by atoms with van der Waals surface area (Å²) >= 11 is 0. The Morgan fingerprint density at radius 3 is 0.739 bits per heavy atom. The fraction of sp³-hybridized carbons (Fsp3) is 0.931. The van der Waals surface area contributed by atoms with Gasteiger partial charge in [-0.15, -0.1) is 0 Å². The molecule has 0 saturated heterocycles. The van der Waals surface area contributed by atoms with Crippen LogP contribution in [-0.2, 0) is 37.9 Å². The van der Waals surface area contributed by atoms with Crippen molar-refractivity contribution in [2.75, 3.05) is 45.9 Å². The van der Waals surface area contributed by atoms with Crippen LogP contribution in [0.15, 0.2) is 0 Å². The molecule has 816 valence electrons. The van der Waals surface area contributed by atoms with Crippen molar-refractivity contribution in [2.24, 2.45) is 23.2 Å². The van der Waals surface area contributed by atoms with E-state index in [1.54, 1.807) is 0 Å². The summed E-state index contributed by atoms with van der Waals surface area (Å²) in [5.74, 6) is 1.21. The Morgan fingerprint density at radius 1 is 0.254 bits per heavy atom. The van der Waals surface area contributed by atoms with Gasteiger partial charge in [0.2, 0.25) is 0 Å². The van der Waals surface area contributed by atoms with E-state index in [0.29, 0.717) is 50.3 Å². The highest BCUT2D eigenvalue weighted by Gasteiger charge is 2.42. The largest absolute Gasteiger partial charge is 0.449 e. The van der Waals surface area contributed by atoms with Gasteiger partial charge in [-0.2, -0.15) is 0 Å².